The van der Waals surface area contributed by atoms with Crippen molar-refractivity contribution in [3.8, 4) is 0 Å². The Kier molecular flexibility index (Phi) is 4.43. The lowest BCUT2D eigenvalue weighted by Crippen LogP contribution is -2.25. The second-order valence-electron chi connectivity index (χ2n) is 5.76. The summed E-state index contributed by atoms with van der Waals surface area (Å²) in [5.74, 6) is 0.882. The first-order chi connectivity index (χ1) is 11.9. The van der Waals surface area contributed by atoms with Crippen molar-refractivity contribution in [2.24, 2.45) is 0 Å². The number of rotatable bonds is 4. The average molecular weight is 338 g/mol. The quantitative estimate of drug-likeness (QED) is 0.779. The van der Waals surface area contributed by atoms with Crippen LogP contribution in [0.25, 0.3) is 0 Å². The predicted octanol–water partition coefficient (Wildman–Crippen LogP) is 4.02. The molecule has 0 spiro atoms. The molecule has 0 aliphatic heterocycles. The fourth-order valence-electron chi connectivity index (χ4n) is 2.42. The van der Waals surface area contributed by atoms with Gasteiger partial charge in [0.25, 0.3) is 11.8 Å². The molecule has 0 aliphatic rings. The van der Waals surface area contributed by atoms with Gasteiger partial charge in [-0.05, 0) is 44.2 Å². The Morgan fingerprint density at radius 1 is 0.960 bits per heavy atom. The van der Waals surface area contributed by atoms with Crippen LogP contribution in [0.2, 0.25) is 0 Å². The van der Waals surface area contributed by atoms with Gasteiger partial charge in [0, 0.05) is 18.4 Å². The topological polar surface area (TPSA) is 75.7 Å². The van der Waals surface area contributed by atoms with E-state index in [1.54, 1.807) is 57.3 Å². The van der Waals surface area contributed by atoms with Crippen molar-refractivity contribution in [1.82, 2.24) is 0 Å². The van der Waals surface area contributed by atoms with Crippen LogP contribution in [0.15, 0.2) is 57.8 Å². The van der Waals surface area contributed by atoms with E-state index >= 15 is 0 Å². The zero-order chi connectivity index (χ0) is 18.0. The highest BCUT2D eigenvalue weighted by Gasteiger charge is 2.16. The zero-order valence-electron chi connectivity index (χ0n) is 14.2. The predicted molar refractivity (Wildman–Crippen MR) is 94.0 cm³/mol. The average Bonchev–Trinajstić information content (AvgIpc) is 3.22. The highest BCUT2D eigenvalue weighted by Crippen LogP contribution is 2.21. The van der Waals surface area contributed by atoms with E-state index in [2.05, 4.69) is 5.32 Å². The fraction of sp³-hybridized carbons (Fsp3) is 0.158. The number of amides is 2. The van der Waals surface area contributed by atoms with Crippen LogP contribution in [0.4, 0.5) is 11.4 Å². The molecular formula is C19H18N2O4. The van der Waals surface area contributed by atoms with Crippen LogP contribution in [-0.2, 0) is 0 Å². The Morgan fingerprint density at radius 2 is 1.60 bits per heavy atom. The van der Waals surface area contributed by atoms with Crippen LogP contribution in [0, 0.1) is 13.8 Å². The van der Waals surface area contributed by atoms with Crippen molar-refractivity contribution in [2.75, 3.05) is 17.3 Å². The molecule has 1 N–H and O–H groups in total. The van der Waals surface area contributed by atoms with Crippen molar-refractivity contribution >= 4 is 23.2 Å². The van der Waals surface area contributed by atoms with Crippen LogP contribution in [-0.4, -0.2) is 18.9 Å². The van der Waals surface area contributed by atoms with Gasteiger partial charge >= 0.3 is 0 Å². The molecule has 2 amide bonds. The third kappa shape index (κ3) is 3.63. The van der Waals surface area contributed by atoms with Gasteiger partial charge in [-0.25, -0.2) is 0 Å². The summed E-state index contributed by atoms with van der Waals surface area (Å²) in [5, 5.41) is 2.79. The summed E-state index contributed by atoms with van der Waals surface area (Å²) in [6, 6.07) is 10.4. The molecule has 6 heteroatoms. The normalized spacial score (nSPS) is 10.5. The van der Waals surface area contributed by atoms with Crippen LogP contribution >= 0.6 is 0 Å². The molecule has 128 valence electrons. The standard InChI is InChI=1S/C19H18N2O4/c1-12-7-14(10-24-12)18(22)20-16-5-4-6-17(9-16)21(3)19(23)15-8-13(2)25-11-15/h4-11H,1-3H3,(H,20,22). The van der Waals surface area contributed by atoms with Crippen molar-refractivity contribution in [1.29, 1.82) is 0 Å². The second kappa shape index (κ2) is 6.68. The van der Waals surface area contributed by atoms with Crippen LogP contribution in [0.1, 0.15) is 32.2 Å². The molecule has 2 heterocycles. The van der Waals surface area contributed by atoms with Gasteiger partial charge in [0.05, 0.1) is 11.1 Å². The minimum absolute atomic E-state index is 0.189. The maximum absolute atomic E-state index is 12.5. The number of anilines is 2. The molecule has 3 rings (SSSR count). The largest absolute Gasteiger partial charge is 0.469 e. The van der Waals surface area contributed by atoms with Gasteiger partial charge in [-0.15, -0.1) is 0 Å². The summed E-state index contributed by atoms with van der Waals surface area (Å²) >= 11 is 0. The van der Waals surface area contributed by atoms with Gasteiger partial charge in [-0.1, -0.05) is 6.07 Å². The summed E-state index contributed by atoms with van der Waals surface area (Å²) in [5.41, 5.74) is 2.17. The zero-order valence-corrected chi connectivity index (χ0v) is 14.2. The molecule has 0 atom stereocenters. The van der Waals surface area contributed by atoms with Gasteiger partial charge in [-0.3, -0.25) is 9.59 Å². The Balaban J connectivity index is 1.76. The summed E-state index contributed by atoms with van der Waals surface area (Å²) in [6.45, 7) is 3.56. The highest BCUT2D eigenvalue weighted by molar-refractivity contribution is 6.07. The number of nitrogens with zero attached hydrogens (tertiary/aromatic N) is 1. The van der Waals surface area contributed by atoms with Crippen LogP contribution in [0.3, 0.4) is 0 Å². The first kappa shape index (κ1) is 16.6. The minimum Gasteiger partial charge on any atom is -0.469 e. The van der Waals surface area contributed by atoms with Crippen LogP contribution in [0.5, 0.6) is 0 Å². The Labute approximate surface area is 145 Å². The number of aryl methyl sites for hydroxylation is 2. The summed E-state index contributed by atoms with van der Waals surface area (Å²) < 4.78 is 10.3. The minimum atomic E-state index is -0.270. The van der Waals surface area contributed by atoms with Crippen molar-refractivity contribution in [2.45, 2.75) is 13.8 Å². The molecule has 25 heavy (non-hydrogen) atoms. The maximum Gasteiger partial charge on any atom is 0.261 e. The van der Waals surface area contributed by atoms with Gasteiger partial charge in [0.2, 0.25) is 0 Å². The molecule has 3 aromatic rings. The molecule has 0 saturated carbocycles. The van der Waals surface area contributed by atoms with Gasteiger partial charge in [-0.2, -0.15) is 0 Å². The molecule has 2 aromatic heterocycles. The van der Waals surface area contributed by atoms with Crippen molar-refractivity contribution < 1.29 is 18.4 Å². The van der Waals surface area contributed by atoms with Gasteiger partial charge < -0.3 is 19.1 Å². The summed E-state index contributed by atoms with van der Waals surface area (Å²) in [7, 11) is 1.67. The van der Waals surface area contributed by atoms with E-state index < -0.39 is 0 Å². The molecule has 0 saturated heterocycles. The fourth-order valence-corrected chi connectivity index (χ4v) is 2.42. The molecule has 0 bridgehead atoms. The van der Waals surface area contributed by atoms with E-state index in [9.17, 15) is 9.59 Å². The molecule has 0 fully saturated rings. The lowest BCUT2D eigenvalue weighted by molar-refractivity contribution is 0.0991. The number of hydrogen-bond donors (Lipinski definition) is 1. The smallest absolute Gasteiger partial charge is 0.261 e. The maximum atomic E-state index is 12.5. The van der Waals surface area contributed by atoms with E-state index in [4.69, 9.17) is 8.83 Å². The first-order valence-electron chi connectivity index (χ1n) is 7.74. The van der Waals surface area contributed by atoms with Crippen molar-refractivity contribution in [3.05, 3.63) is 71.6 Å². The first-order valence-corrected chi connectivity index (χ1v) is 7.74. The number of nitrogens with one attached hydrogen (secondary N) is 1. The van der Waals surface area contributed by atoms with E-state index in [1.807, 2.05) is 0 Å². The third-order valence-corrected chi connectivity index (χ3v) is 3.77. The Bertz CT molecular complexity index is 923. The molecule has 0 radical (unpaired) electrons. The Morgan fingerprint density at radius 3 is 2.20 bits per heavy atom. The number of furan rings is 2. The number of benzene rings is 1. The van der Waals surface area contributed by atoms with E-state index in [0.29, 0.717) is 34.0 Å². The second-order valence-corrected chi connectivity index (χ2v) is 5.76. The summed E-state index contributed by atoms with van der Waals surface area (Å²) in [4.78, 5) is 26.2. The van der Waals surface area contributed by atoms with E-state index in [-0.39, 0.29) is 11.8 Å². The summed E-state index contributed by atoms with van der Waals surface area (Å²) in [6.07, 6.45) is 2.84. The van der Waals surface area contributed by atoms with E-state index in [0.717, 1.165) is 0 Å². The van der Waals surface area contributed by atoms with E-state index in [1.165, 1.54) is 17.4 Å². The molecule has 0 aliphatic carbocycles. The molecule has 1 aromatic carbocycles. The lowest BCUT2D eigenvalue weighted by atomic mass is 10.2. The lowest BCUT2D eigenvalue weighted by Gasteiger charge is -2.17. The Hall–Kier alpha value is -3.28. The number of hydrogen-bond acceptors (Lipinski definition) is 4. The highest BCUT2D eigenvalue weighted by atomic mass is 16.3. The molecule has 6 nitrogen and oxygen atoms in total. The van der Waals surface area contributed by atoms with Crippen molar-refractivity contribution in [3.63, 3.8) is 0 Å². The SMILES string of the molecule is Cc1cc(C(=O)Nc2cccc(N(C)C(=O)c3coc(C)c3)c2)co1. The number of carbonyl (C=O) groups is 2. The van der Waals surface area contributed by atoms with Gasteiger partial charge in [0.1, 0.15) is 24.0 Å². The number of carbonyl (C=O) groups excluding carboxylic acids is 2. The van der Waals surface area contributed by atoms with Crippen LogP contribution < -0.4 is 10.2 Å². The molecular weight excluding hydrogens is 320 g/mol. The third-order valence-electron chi connectivity index (χ3n) is 3.77. The monoisotopic (exact) mass is 338 g/mol. The molecule has 0 unspecified atom stereocenters. The van der Waals surface area contributed by atoms with Gasteiger partial charge in [0.15, 0.2) is 0 Å².